The van der Waals surface area contributed by atoms with Gasteiger partial charge in [-0.15, -0.1) is 0 Å². The normalized spacial score (nSPS) is 19.5. The highest BCUT2D eigenvalue weighted by molar-refractivity contribution is 7.88. The number of rotatable bonds is 0. The topological polar surface area (TPSA) is 46.2 Å². The van der Waals surface area contributed by atoms with Crippen LogP contribution in [0, 0.1) is 0 Å². The fourth-order valence-electron chi connectivity index (χ4n) is 1.34. The van der Waals surface area contributed by atoms with Crippen molar-refractivity contribution < 1.29 is 8.42 Å². The van der Waals surface area contributed by atoms with E-state index in [1.54, 1.807) is 18.2 Å². The Kier molecular flexibility index (Phi) is 2.06. The Hall–Kier alpha value is -0.580. The molecule has 13 heavy (non-hydrogen) atoms. The van der Waals surface area contributed by atoms with Crippen LogP contribution in [0.3, 0.4) is 0 Å². The molecule has 70 valence electrons. The molecule has 1 aliphatic rings. The summed E-state index contributed by atoms with van der Waals surface area (Å²) in [6.45, 7) is 0.345. The molecule has 0 amide bonds. The predicted molar refractivity (Wildman–Crippen MR) is 50.9 cm³/mol. The lowest BCUT2D eigenvalue weighted by atomic mass is 10.1. The third-order valence-electron chi connectivity index (χ3n) is 2.00. The molecule has 0 spiro atoms. The molecule has 1 N–H and O–H groups in total. The summed E-state index contributed by atoms with van der Waals surface area (Å²) in [6, 6.07) is 5.26. The van der Waals surface area contributed by atoms with Crippen LogP contribution in [-0.4, -0.2) is 8.42 Å². The first-order valence-corrected chi connectivity index (χ1v) is 5.84. The van der Waals surface area contributed by atoms with Crippen molar-refractivity contribution in [3.8, 4) is 0 Å². The Morgan fingerprint density at radius 3 is 2.85 bits per heavy atom. The van der Waals surface area contributed by atoms with Crippen molar-refractivity contribution in [2.75, 3.05) is 0 Å². The SMILES string of the molecule is O=S1(=O)Cc2ccc(Cl)cc2CN1. The van der Waals surface area contributed by atoms with Crippen LogP contribution in [0.1, 0.15) is 11.1 Å². The van der Waals surface area contributed by atoms with E-state index in [4.69, 9.17) is 11.6 Å². The Labute approximate surface area is 81.8 Å². The van der Waals surface area contributed by atoms with Gasteiger partial charge < -0.3 is 0 Å². The molecule has 0 radical (unpaired) electrons. The van der Waals surface area contributed by atoms with E-state index in [0.717, 1.165) is 11.1 Å². The number of hydrogen-bond acceptors (Lipinski definition) is 2. The maximum absolute atomic E-state index is 11.2. The minimum Gasteiger partial charge on any atom is -0.212 e. The van der Waals surface area contributed by atoms with Gasteiger partial charge in [0.25, 0.3) is 0 Å². The molecule has 3 nitrogen and oxygen atoms in total. The molecule has 0 saturated carbocycles. The zero-order chi connectivity index (χ0) is 9.47. The largest absolute Gasteiger partial charge is 0.216 e. The van der Waals surface area contributed by atoms with Gasteiger partial charge in [0.05, 0.1) is 5.75 Å². The van der Waals surface area contributed by atoms with Gasteiger partial charge in [0.15, 0.2) is 0 Å². The minimum absolute atomic E-state index is 0.0551. The highest BCUT2D eigenvalue weighted by Crippen LogP contribution is 2.21. The molecule has 0 unspecified atom stereocenters. The summed E-state index contributed by atoms with van der Waals surface area (Å²) in [6.07, 6.45) is 0. The molecule has 1 aliphatic heterocycles. The molecule has 1 aromatic rings. The van der Waals surface area contributed by atoms with Gasteiger partial charge in [-0.1, -0.05) is 17.7 Å². The number of halogens is 1. The fourth-order valence-corrected chi connectivity index (χ4v) is 2.71. The van der Waals surface area contributed by atoms with E-state index in [1.165, 1.54) is 0 Å². The van der Waals surface area contributed by atoms with Crippen LogP contribution in [0.5, 0.6) is 0 Å². The maximum atomic E-state index is 11.2. The Bertz CT molecular complexity index is 441. The van der Waals surface area contributed by atoms with E-state index in [1.807, 2.05) is 0 Å². The third kappa shape index (κ3) is 1.85. The van der Waals surface area contributed by atoms with Gasteiger partial charge >= 0.3 is 0 Å². The minimum atomic E-state index is -3.10. The highest BCUT2D eigenvalue weighted by atomic mass is 35.5. The van der Waals surface area contributed by atoms with E-state index < -0.39 is 10.0 Å². The average molecular weight is 218 g/mol. The summed E-state index contributed by atoms with van der Waals surface area (Å²) in [5, 5.41) is 0.639. The Morgan fingerprint density at radius 2 is 2.08 bits per heavy atom. The second kappa shape index (κ2) is 2.97. The molecule has 0 bridgehead atoms. The molecule has 1 aromatic carbocycles. The van der Waals surface area contributed by atoms with Gasteiger partial charge in [-0.3, -0.25) is 0 Å². The van der Waals surface area contributed by atoms with Crippen molar-refractivity contribution in [1.82, 2.24) is 4.72 Å². The lowest BCUT2D eigenvalue weighted by molar-refractivity contribution is 0.575. The van der Waals surface area contributed by atoms with Crippen LogP contribution in [0.2, 0.25) is 5.02 Å². The monoisotopic (exact) mass is 217 g/mol. The number of benzene rings is 1. The molecule has 0 saturated heterocycles. The average Bonchev–Trinajstić information content (AvgIpc) is 2.05. The lowest BCUT2D eigenvalue weighted by Gasteiger charge is -2.17. The standard InChI is InChI=1S/C8H8ClNO2S/c9-8-2-1-6-5-13(11,12)10-4-7(6)3-8/h1-3,10H,4-5H2. The summed E-state index contributed by atoms with van der Waals surface area (Å²) in [7, 11) is -3.10. The van der Waals surface area contributed by atoms with E-state index in [0.29, 0.717) is 11.6 Å². The molecule has 2 rings (SSSR count). The zero-order valence-electron chi connectivity index (χ0n) is 6.75. The van der Waals surface area contributed by atoms with E-state index in [-0.39, 0.29) is 5.75 Å². The lowest BCUT2D eigenvalue weighted by Crippen LogP contribution is -2.30. The van der Waals surface area contributed by atoms with Crippen molar-refractivity contribution >= 4 is 21.6 Å². The van der Waals surface area contributed by atoms with Crippen molar-refractivity contribution in [3.05, 3.63) is 34.3 Å². The van der Waals surface area contributed by atoms with Crippen LogP contribution in [0.4, 0.5) is 0 Å². The second-order valence-electron chi connectivity index (χ2n) is 2.99. The summed E-state index contributed by atoms with van der Waals surface area (Å²) >= 11 is 5.77. The summed E-state index contributed by atoms with van der Waals surface area (Å²) in [4.78, 5) is 0. The van der Waals surface area contributed by atoms with Crippen LogP contribution in [0.25, 0.3) is 0 Å². The van der Waals surface area contributed by atoms with Gasteiger partial charge in [0.1, 0.15) is 0 Å². The number of fused-ring (bicyclic) bond motifs is 1. The summed E-state index contributed by atoms with van der Waals surface area (Å²) < 4.78 is 24.8. The van der Waals surface area contributed by atoms with Crippen LogP contribution >= 0.6 is 11.6 Å². The second-order valence-corrected chi connectivity index (χ2v) is 5.24. The first kappa shape index (κ1) is 8.99. The smallest absolute Gasteiger partial charge is 0.212 e. The van der Waals surface area contributed by atoms with E-state index in [9.17, 15) is 8.42 Å². The Morgan fingerprint density at radius 1 is 1.31 bits per heavy atom. The maximum Gasteiger partial charge on any atom is 0.216 e. The first-order valence-electron chi connectivity index (χ1n) is 3.81. The van der Waals surface area contributed by atoms with Gasteiger partial charge in [-0.05, 0) is 23.3 Å². The van der Waals surface area contributed by atoms with Crippen molar-refractivity contribution in [2.24, 2.45) is 0 Å². The molecule has 1 heterocycles. The molecule has 0 fully saturated rings. The van der Waals surface area contributed by atoms with E-state index >= 15 is 0 Å². The molecule has 0 aromatic heterocycles. The summed E-state index contributed by atoms with van der Waals surface area (Å²) in [5.74, 6) is 0.0551. The zero-order valence-corrected chi connectivity index (χ0v) is 8.32. The van der Waals surface area contributed by atoms with Gasteiger partial charge in [0.2, 0.25) is 10.0 Å². The van der Waals surface area contributed by atoms with Crippen molar-refractivity contribution in [2.45, 2.75) is 12.3 Å². The number of hydrogen-bond donors (Lipinski definition) is 1. The summed E-state index contributed by atoms with van der Waals surface area (Å²) in [5.41, 5.74) is 1.80. The highest BCUT2D eigenvalue weighted by Gasteiger charge is 2.19. The third-order valence-corrected chi connectivity index (χ3v) is 3.51. The number of sulfonamides is 1. The molecule has 0 aliphatic carbocycles. The Balaban J connectivity index is 2.48. The molecular formula is C8H8ClNO2S. The van der Waals surface area contributed by atoms with Crippen LogP contribution in [0.15, 0.2) is 18.2 Å². The number of nitrogens with one attached hydrogen (secondary N) is 1. The van der Waals surface area contributed by atoms with Crippen molar-refractivity contribution in [3.63, 3.8) is 0 Å². The van der Waals surface area contributed by atoms with Crippen LogP contribution < -0.4 is 4.72 Å². The predicted octanol–water partition coefficient (Wildman–Crippen LogP) is 1.27. The molecule has 0 atom stereocenters. The molecule has 5 heteroatoms. The van der Waals surface area contributed by atoms with Crippen molar-refractivity contribution in [1.29, 1.82) is 0 Å². The van der Waals surface area contributed by atoms with Gasteiger partial charge in [-0.25, -0.2) is 13.1 Å². The van der Waals surface area contributed by atoms with Gasteiger partial charge in [0, 0.05) is 11.6 Å². The van der Waals surface area contributed by atoms with Gasteiger partial charge in [-0.2, -0.15) is 0 Å². The fraction of sp³-hybridized carbons (Fsp3) is 0.250. The first-order chi connectivity index (χ1) is 6.07. The molecular weight excluding hydrogens is 210 g/mol. The van der Waals surface area contributed by atoms with E-state index in [2.05, 4.69) is 4.72 Å². The van der Waals surface area contributed by atoms with Crippen LogP contribution in [-0.2, 0) is 22.3 Å². The quantitative estimate of drug-likeness (QED) is 0.712.